The van der Waals surface area contributed by atoms with Gasteiger partial charge < -0.3 is 93.6 Å². The molecule has 2 aromatic rings. The van der Waals surface area contributed by atoms with Gasteiger partial charge in [0.15, 0.2) is 11.9 Å². The number of nitrogens with one attached hydrogen (secondary N) is 7. The molecule has 26 heteroatoms. The number of unbranched alkanes of at least 4 members (excludes halogenated alkanes) is 3. The lowest BCUT2D eigenvalue weighted by Gasteiger charge is -2.28. The molecule has 0 radical (unpaired) electrons. The Labute approximate surface area is 420 Å². The van der Waals surface area contributed by atoms with Crippen molar-refractivity contribution in [2.75, 3.05) is 39.3 Å². The Morgan fingerprint density at radius 3 is 1.32 bits per heavy atom. The number of benzene rings is 1. The van der Waals surface area contributed by atoms with E-state index in [2.05, 4.69) is 46.9 Å². The number of fused-ring (bicyclic) bond motifs is 1. The first-order valence-corrected chi connectivity index (χ1v) is 24.7. The lowest BCUT2D eigenvalue weighted by atomic mass is 10.0. The maximum atomic E-state index is 14.5. The van der Waals surface area contributed by atoms with Gasteiger partial charge in [-0.25, -0.2) is 4.79 Å². The third-order valence-electron chi connectivity index (χ3n) is 11.7. The summed E-state index contributed by atoms with van der Waals surface area (Å²) in [6, 6.07) is -1.18. The molecule has 26 nitrogen and oxygen atoms in total. The van der Waals surface area contributed by atoms with Gasteiger partial charge in [0.05, 0.1) is 6.04 Å². The van der Waals surface area contributed by atoms with Crippen molar-refractivity contribution in [2.45, 2.75) is 145 Å². The molecule has 0 aliphatic rings. The molecule has 0 aliphatic heterocycles. The van der Waals surface area contributed by atoms with Gasteiger partial charge >= 0.3 is 5.97 Å². The van der Waals surface area contributed by atoms with Crippen LogP contribution in [-0.4, -0.2) is 145 Å². The number of aliphatic carboxylic acids is 1. The number of aromatic nitrogens is 1. The van der Waals surface area contributed by atoms with Gasteiger partial charge in [-0.05, 0) is 134 Å². The summed E-state index contributed by atoms with van der Waals surface area (Å²) >= 11 is 0. The van der Waals surface area contributed by atoms with Gasteiger partial charge in [0.25, 0.3) is 0 Å². The molecule has 1 aromatic carbocycles. The summed E-state index contributed by atoms with van der Waals surface area (Å²) in [6.07, 6.45) is 5.90. The van der Waals surface area contributed by atoms with Crippen LogP contribution in [0.15, 0.2) is 40.4 Å². The number of carbonyl (C=O) groups excluding carboxylic acids is 6. The molecule has 0 bridgehead atoms. The fraction of sp³-hybridized carbons (Fsp3) is 0.630. The number of carboxylic acid groups (broad SMARTS) is 1. The Morgan fingerprint density at radius 2 is 0.861 bits per heavy atom. The molecule has 1 heterocycles. The number of guanidine groups is 2. The third kappa shape index (κ3) is 23.5. The largest absolute Gasteiger partial charge is 0.480 e. The van der Waals surface area contributed by atoms with Crippen LogP contribution in [0, 0.1) is 0 Å². The summed E-state index contributed by atoms with van der Waals surface area (Å²) in [5.74, 6) is -5.87. The van der Waals surface area contributed by atoms with E-state index in [4.69, 9.17) is 51.6 Å². The zero-order valence-corrected chi connectivity index (χ0v) is 41.4. The van der Waals surface area contributed by atoms with Gasteiger partial charge in [-0.2, -0.15) is 0 Å². The zero-order valence-electron chi connectivity index (χ0n) is 41.4. The van der Waals surface area contributed by atoms with E-state index >= 15 is 0 Å². The van der Waals surface area contributed by atoms with Crippen LogP contribution in [0.1, 0.15) is 102 Å². The van der Waals surface area contributed by atoms with Crippen molar-refractivity contribution < 1.29 is 38.7 Å². The fourth-order valence-corrected chi connectivity index (χ4v) is 7.66. The normalized spacial score (nSPS) is 14.0. The number of hydrogen-bond acceptors (Lipinski definition) is 14. The summed E-state index contributed by atoms with van der Waals surface area (Å²) in [5.41, 5.74) is 52.3. The van der Waals surface area contributed by atoms with E-state index in [1.54, 1.807) is 6.20 Å². The molecule has 0 aliphatic carbocycles. The van der Waals surface area contributed by atoms with Gasteiger partial charge in [-0.15, -0.1) is 0 Å². The van der Waals surface area contributed by atoms with Crippen molar-refractivity contribution in [1.29, 1.82) is 0 Å². The number of H-pyrrole nitrogens is 1. The number of carboxylic acids is 1. The first-order chi connectivity index (χ1) is 34.4. The van der Waals surface area contributed by atoms with Crippen LogP contribution in [0.4, 0.5) is 0 Å². The predicted molar refractivity (Wildman–Crippen MR) is 276 cm³/mol. The van der Waals surface area contributed by atoms with E-state index in [0.29, 0.717) is 63.6 Å². The molecule has 72 heavy (non-hydrogen) atoms. The molecule has 0 spiro atoms. The quantitative estimate of drug-likeness (QED) is 0.0175. The Bertz CT molecular complexity index is 2060. The van der Waals surface area contributed by atoms with Crippen LogP contribution in [0.25, 0.3) is 10.9 Å². The summed E-state index contributed by atoms with van der Waals surface area (Å²) < 4.78 is 0. The molecular formula is C46H82N18O8. The average Bonchev–Trinajstić information content (AvgIpc) is 3.75. The van der Waals surface area contributed by atoms with Gasteiger partial charge in [0, 0.05) is 36.6 Å². The van der Waals surface area contributed by atoms with Crippen LogP contribution in [0.2, 0.25) is 0 Å². The first kappa shape index (κ1) is 61.5. The molecule has 2 rings (SSSR count). The minimum atomic E-state index is -1.33. The zero-order chi connectivity index (χ0) is 53.4. The molecule has 0 unspecified atom stereocenters. The SMILES string of the molecule is NCCCC[C@H](NC(=O)[C@H](CCCCN)NC(=O)[C@H](Cc1c[nH]c2ccccc12)NC(=O)[C@H](CCCCN)NC(=O)[C@H](CCCN)NC(=O)[C@H](CCCN=C(N)N)NC(=O)[C@@H](N)CCCN=C(N)N)C(=O)O. The van der Waals surface area contributed by atoms with Crippen LogP contribution in [-0.2, 0) is 40.0 Å². The van der Waals surface area contributed by atoms with Gasteiger partial charge in [-0.3, -0.25) is 38.8 Å². The summed E-state index contributed by atoms with van der Waals surface area (Å²) in [6.45, 7) is 1.44. The van der Waals surface area contributed by atoms with E-state index in [9.17, 15) is 38.7 Å². The highest BCUT2D eigenvalue weighted by Crippen LogP contribution is 2.20. The Kier molecular flexibility index (Phi) is 29.6. The molecule has 0 saturated heterocycles. The minimum Gasteiger partial charge on any atom is -0.480 e. The van der Waals surface area contributed by atoms with Crippen molar-refractivity contribution in [2.24, 2.45) is 61.6 Å². The molecule has 0 fully saturated rings. The first-order valence-electron chi connectivity index (χ1n) is 24.7. The van der Waals surface area contributed by atoms with Crippen LogP contribution in [0.3, 0.4) is 0 Å². The Morgan fingerprint density at radius 1 is 0.486 bits per heavy atom. The third-order valence-corrected chi connectivity index (χ3v) is 11.7. The van der Waals surface area contributed by atoms with Gasteiger partial charge in [-0.1, -0.05) is 18.2 Å². The topological polar surface area (TPSA) is 487 Å². The molecule has 7 atom stereocenters. The van der Waals surface area contributed by atoms with Crippen molar-refractivity contribution >= 4 is 64.2 Å². The Balaban J connectivity index is 2.49. The molecule has 404 valence electrons. The number of para-hydroxylation sites is 1. The lowest BCUT2D eigenvalue weighted by molar-refractivity contribution is -0.142. The van der Waals surface area contributed by atoms with E-state index in [0.717, 1.165) is 10.9 Å². The fourth-order valence-electron chi connectivity index (χ4n) is 7.66. The lowest BCUT2D eigenvalue weighted by Crippen LogP contribution is -2.60. The average molecular weight is 1020 g/mol. The van der Waals surface area contributed by atoms with E-state index in [1.165, 1.54) is 0 Å². The highest BCUT2D eigenvalue weighted by molar-refractivity contribution is 5.97. The molecule has 1 aromatic heterocycles. The number of amides is 6. The molecular weight excluding hydrogens is 933 g/mol. The summed E-state index contributed by atoms with van der Waals surface area (Å²) in [4.78, 5) is 107. The number of carbonyl (C=O) groups is 7. The smallest absolute Gasteiger partial charge is 0.326 e. The van der Waals surface area contributed by atoms with Crippen LogP contribution < -0.4 is 83.5 Å². The second-order valence-corrected chi connectivity index (χ2v) is 17.6. The van der Waals surface area contributed by atoms with Crippen molar-refractivity contribution in [3.63, 3.8) is 0 Å². The maximum absolute atomic E-state index is 14.5. The number of aromatic amines is 1. The number of aliphatic imine (C=N–C) groups is 2. The van der Waals surface area contributed by atoms with E-state index in [-0.39, 0.29) is 95.9 Å². The van der Waals surface area contributed by atoms with E-state index in [1.807, 2.05) is 24.3 Å². The second kappa shape index (κ2) is 34.7. The van der Waals surface area contributed by atoms with Gasteiger partial charge in [0.1, 0.15) is 36.3 Å². The maximum Gasteiger partial charge on any atom is 0.326 e. The molecule has 6 amide bonds. The minimum absolute atomic E-state index is 0.0408. The summed E-state index contributed by atoms with van der Waals surface area (Å²) in [5, 5.41) is 26.9. The second-order valence-electron chi connectivity index (χ2n) is 17.6. The number of rotatable bonds is 38. The van der Waals surface area contributed by atoms with Crippen molar-refractivity contribution in [1.82, 2.24) is 36.9 Å². The van der Waals surface area contributed by atoms with Crippen LogP contribution in [0.5, 0.6) is 0 Å². The monoisotopic (exact) mass is 1010 g/mol. The number of nitrogens with two attached hydrogens (primary N) is 9. The van der Waals surface area contributed by atoms with E-state index < -0.39 is 83.7 Å². The van der Waals surface area contributed by atoms with Crippen molar-refractivity contribution in [3.05, 3.63) is 36.0 Å². The number of hydrogen-bond donors (Lipinski definition) is 17. The highest BCUT2D eigenvalue weighted by Gasteiger charge is 2.34. The van der Waals surface area contributed by atoms with Crippen molar-refractivity contribution in [3.8, 4) is 0 Å². The number of nitrogens with zero attached hydrogens (tertiary/aromatic N) is 2. The standard InChI is InChI=1S/C46H82N18O8/c47-20-6-3-15-32(41(68)63-36(44(71)72)17-5-8-22-49)62-43(70)37(26-28-27-58-31-14-2-1-12-29(28)31)64-42(69)33(16-4-7-21-48)60-39(66)34(18-9-23-50)61-40(67)35(19-11-25-57-46(54)55)59-38(65)30(51)13-10-24-56-45(52)53/h1-2,12,14,27,30,32-37,58H,3-11,13,15-26,47-51H2,(H,59,65)(H,60,66)(H,61,67)(H,62,70)(H,63,68)(H,64,69)(H,71,72)(H4,52,53,56)(H4,54,55,57)/t30-,32-,33-,34-,35-,36-,37-/m0/s1. The predicted octanol–water partition coefficient (Wildman–Crippen LogP) is -3.74. The summed E-state index contributed by atoms with van der Waals surface area (Å²) in [7, 11) is 0. The molecule has 26 N–H and O–H groups in total. The van der Waals surface area contributed by atoms with Crippen LogP contribution >= 0.6 is 0 Å². The Hall–Kier alpha value is -6.61. The molecule has 0 saturated carbocycles. The highest BCUT2D eigenvalue weighted by atomic mass is 16.4. The van der Waals surface area contributed by atoms with Gasteiger partial charge in [0.2, 0.25) is 35.4 Å².